The molecule has 1 aromatic carbocycles. The Bertz CT molecular complexity index is 583. The van der Waals surface area contributed by atoms with E-state index in [1.54, 1.807) is 0 Å². The molecule has 0 unspecified atom stereocenters. The van der Waals surface area contributed by atoms with E-state index < -0.39 is 0 Å². The summed E-state index contributed by atoms with van der Waals surface area (Å²) in [5, 5.41) is 10.5. The van der Waals surface area contributed by atoms with Crippen molar-refractivity contribution < 1.29 is 5.21 Å². The molecule has 0 saturated heterocycles. The summed E-state index contributed by atoms with van der Waals surface area (Å²) in [5.74, 6) is 0.633. The van der Waals surface area contributed by atoms with Gasteiger partial charge in [-0.3, -0.25) is 4.90 Å². The maximum absolute atomic E-state index is 10.5. The molecule has 1 N–H and O–H groups in total. The molecule has 4 heteroatoms. The Morgan fingerprint density at radius 2 is 1.71 bits per heavy atom. The predicted molar refractivity (Wildman–Crippen MR) is 85.6 cm³/mol. The van der Waals surface area contributed by atoms with Crippen LogP contribution >= 0.6 is 0 Å². The molecular formula is C17H25N3O. The zero-order valence-corrected chi connectivity index (χ0v) is 13.4. The van der Waals surface area contributed by atoms with E-state index in [-0.39, 0.29) is 0 Å². The molecular weight excluding hydrogens is 262 g/mol. The van der Waals surface area contributed by atoms with Crippen molar-refractivity contribution in [1.29, 1.82) is 0 Å². The zero-order valence-electron chi connectivity index (χ0n) is 13.4. The topological polar surface area (TPSA) is 41.3 Å². The Hall–Kier alpha value is -1.81. The summed E-state index contributed by atoms with van der Waals surface area (Å²) in [7, 11) is 0. The highest BCUT2D eigenvalue weighted by Crippen LogP contribution is 2.23. The number of benzene rings is 1. The molecule has 1 aromatic heterocycles. The van der Waals surface area contributed by atoms with Gasteiger partial charge in [0.1, 0.15) is 0 Å². The van der Waals surface area contributed by atoms with Crippen LogP contribution in [-0.2, 0) is 13.0 Å². The number of hydrogen-bond acceptors (Lipinski definition) is 3. The van der Waals surface area contributed by atoms with Crippen molar-refractivity contribution in [2.45, 2.75) is 40.7 Å². The molecule has 4 nitrogen and oxygen atoms in total. The van der Waals surface area contributed by atoms with Gasteiger partial charge in [-0.05, 0) is 26.4 Å². The lowest BCUT2D eigenvalue weighted by Gasteiger charge is -2.18. The van der Waals surface area contributed by atoms with Gasteiger partial charge in [-0.15, -0.1) is 0 Å². The monoisotopic (exact) mass is 287 g/mol. The minimum absolute atomic E-state index is 0.633. The molecule has 0 fully saturated rings. The molecule has 1 heterocycles. The fourth-order valence-electron chi connectivity index (χ4n) is 2.48. The van der Waals surface area contributed by atoms with E-state index in [0.29, 0.717) is 5.82 Å². The van der Waals surface area contributed by atoms with Gasteiger partial charge in [0.05, 0.1) is 11.4 Å². The molecule has 0 spiro atoms. The number of nitrogens with zero attached hydrogens (tertiary/aromatic N) is 3. The molecule has 0 aliphatic carbocycles. The van der Waals surface area contributed by atoms with Gasteiger partial charge in [-0.1, -0.05) is 50.6 Å². The van der Waals surface area contributed by atoms with Crippen LogP contribution in [0.1, 0.15) is 37.7 Å². The van der Waals surface area contributed by atoms with Crippen LogP contribution in [0.25, 0.3) is 11.4 Å². The van der Waals surface area contributed by atoms with E-state index in [9.17, 15) is 5.21 Å². The summed E-state index contributed by atoms with van der Waals surface area (Å²) in [6.07, 6.45) is 0.822. The summed E-state index contributed by atoms with van der Waals surface area (Å²) < 4.78 is 1.27. The molecule has 0 radical (unpaired) electrons. The van der Waals surface area contributed by atoms with Crippen molar-refractivity contribution >= 4 is 0 Å². The van der Waals surface area contributed by atoms with Crippen molar-refractivity contribution in [1.82, 2.24) is 14.6 Å². The van der Waals surface area contributed by atoms with Crippen LogP contribution in [0.4, 0.5) is 0 Å². The van der Waals surface area contributed by atoms with Gasteiger partial charge in [0.2, 0.25) is 0 Å². The molecule has 114 valence electrons. The van der Waals surface area contributed by atoms with Gasteiger partial charge in [-0.25, -0.2) is 4.98 Å². The van der Waals surface area contributed by atoms with Crippen LogP contribution in [0.15, 0.2) is 24.3 Å². The smallest absolute Gasteiger partial charge is 0.175 e. The van der Waals surface area contributed by atoms with Crippen LogP contribution in [0, 0.1) is 6.92 Å². The first-order valence-corrected chi connectivity index (χ1v) is 7.69. The van der Waals surface area contributed by atoms with Crippen molar-refractivity contribution in [3.8, 4) is 11.4 Å². The van der Waals surface area contributed by atoms with Crippen LogP contribution in [0.3, 0.4) is 0 Å². The molecule has 21 heavy (non-hydrogen) atoms. The fourth-order valence-corrected chi connectivity index (χ4v) is 2.48. The summed E-state index contributed by atoms with van der Waals surface area (Å²) >= 11 is 0. The third kappa shape index (κ3) is 3.27. The molecule has 2 rings (SSSR count). The van der Waals surface area contributed by atoms with Gasteiger partial charge in [0, 0.05) is 12.1 Å². The number of aromatic nitrogens is 2. The first-order valence-electron chi connectivity index (χ1n) is 7.69. The number of imidazole rings is 1. The molecule has 0 saturated carbocycles. The average molecular weight is 287 g/mol. The van der Waals surface area contributed by atoms with Crippen molar-refractivity contribution in [3.63, 3.8) is 0 Å². The lowest BCUT2D eigenvalue weighted by Crippen LogP contribution is -2.24. The Morgan fingerprint density at radius 3 is 2.24 bits per heavy atom. The largest absolute Gasteiger partial charge is 0.427 e. The van der Waals surface area contributed by atoms with E-state index in [1.807, 2.05) is 24.3 Å². The van der Waals surface area contributed by atoms with Gasteiger partial charge in [0.15, 0.2) is 5.82 Å². The summed E-state index contributed by atoms with van der Waals surface area (Å²) in [5.41, 5.74) is 4.02. The minimum Gasteiger partial charge on any atom is -0.427 e. The van der Waals surface area contributed by atoms with Crippen molar-refractivity contribution in [2.24, 2.45) is 0 Å². The summed E-state index contributed by atoms with van der Waals surface area (Å²) in [6, 6.07) is 8.09. The Labute approximate surface area is 127 Å². The maximum atomic E-state index is 10.5. The van der Waals surface area contributed by atoms with E-state index in [4.69, 9.17) is 0 Å². The molecule has 0 amide bonds. The summed E-state index contributed by atoms with van der Waals surface area (Å²) in [4.78, 5) is 6.92. The Kier molecular flexibility index (Phi) is 5.02. The molecule has 0 atom stereocenters. The molecule has 0 aliphatic heterocycles. The predicted octanol–water partition coefficient (Wildman–Crippen LogP) is 3.50. The maximum Gasteiger partial charge on any atom is 0.175 e. The third-order valence-corrected chi connectivity index (χ3v) is 3.94. The standard InChI is InChI=1S/C17H25N3O/c1-5-15-16(12-19(6-2)7-3)20(21)17(18-15)14-10-8-13(4)9-11-14/h8-11,21H,5-7,12H2,1-4H3. The van der Waals surface area contributed by atoms with Crippen LogP contribution in [0.5, 0.6) is 0 Å². The first kappa shape index (κ1) is 15.6. The fraction of sp³-hybridized carbons (Fsp3) is 0.471. The minimum atomic E-state index is 0.633. The third-order valence-electron chi connectivity index (χ3n) is 3.94. The average Bonchev–Trinajstić information content (AvgIpc) is 2.82. The number of hydrogen-bond donors (Lipinski definition) is 1. The lowest BCUT2D eigenvalue weighted by molar-refractivity contribution is 0.166. The summed E-state index contributed by atoms with van der Waals surface area (Å²) in [6.45, 7) is 11.1. The second-order valence-electron chi connectivity index (χ2n) is 5.32. The molecule has 0 aliphatic rings. The van der Waals surface area contributed by atoms with Gasteiger partial charge < -0.3 is 5.21 Å². The van der Waals surface area contributed by atoms with Crippen molar-refractivity contribution in [3.05, 3.63) is 41.2 Å². The first-order chi connectivity index (χ1) is 10.1. The van der Waals surface area contributed by atoms with E-state index >= 15 is 0 Å². The van der Waals surface area contributed by atoms with Crippen LogP contribution < -0.4 is 0 Å². The zero-order chi connectivity index (χ0) is 15.4. The van der Waals surface area contributed by atoms with E-state index in [1.165, 1.54) is 10.3 Å². The quantitative estimate of drug-likeness (QED) is 0.827. The number of aryl methyl sites for hydroxylation is 2. The van der Waals surface area contributed by atoms with Gasteiger partial charge in [0.25, 0.3) is 0 Å². The second-order valence-corrected chi connectivity index (χ2v) is 5.32. The van der Waals surface area contributed by atoms with Gasteiger partial charge >= 0.3 is 0 Å². The van der Waals surface area contributed by atoms with Gasteiger partial charge in [-0.2, -0.15) is 4.73 Å². The van der Waals surface area contributed by atoms with Crippen molar-refractivity contribution in [2.75, 3.05) is 13.1 Å². The normalized spacial score (nSPS) is 11.3. The van der Waals surface area contributed by atoms with Crippen LogP contribution in [-0.4, -0.2) is 32.9 Å². The second kappa shape index (κ2) is 6.76. The Balaban J connectivity index is 2.40. The lowest BCUT2D eigenvalue weighted by atomic mass is 10.1. The molecule has 2 aromatic rings. The molecule has 0 bridgehead atoms. The highest BCUT2D eigenvalue weighted by molar-refractivity contribution is 5.57. The van der Waals surface area contributed by atoms with E-state index in [2.05, 4.69) is 37.6 Å². The number of rotatable bonds is 6. The highest BCUT2D eigenvalue weighted by atomic mass is 16.5. The highest BCUT2D eigenvalue weighted by Gasteiger charge is 2.18. The SMILES string of the molecule is CCc1nc(-c2ccc(C)cc2)n(O)c1CN(CC)CC. The van der Waals surface area contributed by atoms with Crippen LogP contribution in [0.2, 0.25) is 0 Å². The Morgan fingerprint density at radius 1 is 1.10 bits per heavy atom. The van der Waals surface area contributed by atoms with E-state index in [0.717, 1.165) is 43.0 Å².